The number of ether oxygens (including phenoxy) is 1. The summed E-state index contributed by atoms with van der Waals surface area (Å²) in [5, 5.41) is 8.67. The topological polar surface area (TPSA) is 77.8 Å². The van der Waals surface area contributed by atoms with E-state index in [1.54, 1.807) is 19.5 Å². The molecule has 7 nitrogen and oxygen atoms in total. The van der Waals surface area contributed by atoms with Crippen LogP contribution in [0, 0.1) is 0 Å². The maximum Gasteiger partial charge on any atom is 0.227 e. The average Bonchev–Trinajstić information content (AvgIpc) is 3.18. The predicted molar refractivity (Wildman–Crippen MR) is 106 cm³/mol. The smallest absolute Gasteiger partial charge is 0.227 e. The van der Waals surface area contributed by atoms with Crippen molar-refractivity contribution in [1.29, 1.82) is 0 Å². The number of aromatic nitrogens is 5. The SMILES string of the molecule is CCn1cc(-c2ccc(Nc3ncc4ccnc(Cl)c4n3)c(OC)c2)cn1. The first-order valence-corrected chi connectivity index (χ1v) is 8.81. The van der Waals surface area contributed by atoms with Gasteiger partial charge in [0.05, 0.1) is 19.0 Å². The lowest BCUT2D eigenvalue weighted by Gasteiger charge is -2.12. The van der Waals surface area contributed by atoms with E-state index in [1.807, 2.05) is 41.3 Å². The highest BCUT2D eigenvalue weighted by atomic mass is 35.5. The van der Waals surface area contributed by atoms with Gasteiger partial charge in [0.25, 0.3) is 0 Å². The number of methoxy groups -OCH3 is 1. The molecule has 0 saturated heterocycles. The Morgan fingerprint density at radius 3 is 2.81 bits per heavy atom. The molecule has 0 aliphatic carbocycles. The van der Waals surface area contributed by atoms with Crippen molar-refractivity contribution in [3.05, 3.63) is 54.2 Å². The monoisotopic (exact) mass is 380 g/mol. The van der Waals surface area contributed by atoms with Gasteiger partial charge in [-0.15, -0.1) is 0 Å². The van der Waals surface area contributed by atoms with Crippen LogP contribution in [0.15, 0.2) is 49.1 Å². The van der Waals surface area contributed by atoms with E-state index in [0.717, 1.165) is 28.7 Å². The van der Waals surface area contributed by atoms with Crippen molar-refractivity contribution in [1.82, 2.24) is 24.7 Å². The van der Waals surface area contributed by atoms with Crippen molar-refractivity contribution in [2.24, 2.45) is 0 Å². The third-order valence-corrected chi connectivity index (χ3v) is 4.47. The van der Waals surface area contributed by atoms with Crippen molar-refractivity contribution in [2.45, 2.75) is 13.5 Å². The Bertz CT molecular complexity index is 1110. The standard InChI is InChI=1S/C19H17ClN6O/c1-3-26-11-14(10-23-26)12-4-5-15(16(8-12)27-2)24-19-22-9-13-6-7-21-18(20)17(13)25-19/h4-11H,3H2,1-2H3,(H,22,24,25). The molecule has 3 aromatic heterocycles. The maximum atomic E-state index is 6.13. The number of aryl methyl sites for hydroxylation is 1. The third kappa shape index (κ3) is 3.41. The van der Waals surface area contributed by atoms with Crippen LogP contribution in [0.25, 0.3) is 22.0 Å². The molecule has 27 heavy (non-hydrogen) atoms. The van der Waals surface area contributed by atoms with Crippen LogP contribution in [0.1, 0.15) is 6.92 Å². The molecular weight excluding hydrogens is 364 g/mol. The molecule has 4 rings (SSSR count). The second-order valence-corrected chi connectivity index (χ2v) is 6.22. The van der Waals surface area contributed by atoms with Crippen molar-refractivity contribution >= 4 is 34.1 Å². The molecule has 8 heteroatoms. The second kappa shape index (κ2) is 7.20. The minimum Gasteiger partial charge on any atom is -0.495 e. The Morgan fingerprint density at radius 2 is 2.04 bits per heavy atom. The number of anilines is 2. The minimum atomic E-state index is 0.341. The summed E-state index contributed by atoms with van der Waals surface area (Å²) in [7, 11) is 1.63. The molecule has 1 aromatic carbocycles. The van der Waals surface area contributed by atoms with E-state index in [-0.39, 0.29) is 0 Å². The van der Waals surface area contributed by atoms with E-state index in [0.29, 0.717) is 22.4 Å². The van der Waals surface area contributed by atoms with Gasteiger partial charge in [0, 0.05) is 36.1 Å². The van der Waals surface area contributed by atoms with Gasteiger partial charge in [-0.3, -0.25) is 4.68 Å². The summed E-state index contributed by atoms with van der Waals surface area (Å²) in [4.78, 5) is 12.8. The zero-order chi connectivity index (χ0) is 18.8. The van der Waals surface area contributed by atoms with E-state index >= 15 is 0 Å². The molecule has 136 valence electrons. The number of halogens is 1. The van der Waals surface area contributed by atoms with Gasteiger partial charge in [-0.1, -0.05) is 17.7 Å². The molecule has 0 unspecified atom stereocenters. The Labute approximate surface area is 161 Å². The van der Waals surface area contributed by atoms with Gasteiger partial charge in [0.2, 0.25) is 5.95 Å². The summed E-state index contributed by atoms with van der Waals surface area (Å²) in [6.07, 6.45) is 7.18. The summed E-state index contributed by atoms with van der Waals surface area (Å²) in [5.74, 6) is 1.10. The Balaban J connectivity index is 1.66. The maximum absolute atomic E-state index is 6.13. The number of pyridine rings is 1. The van der Waals surface area contributed by atoms with Gasteiger partial charge >= 0.3 is 0 Å². The van der Waals surface area contributed by atoms with Gasteiger partial charge in [0.1, 0.15) is 11.3 Å². The number of benzene rings is 1. The van der Waals surface area contributed by atoms with Gasteiger partial charge in [-0.2, -0.15) is 5.10 Å². The number of fused-ring (bicyclic) bond motifs is 1. The molecule has 0 atom stereocenters. The minimum absolute atomic E-state index is 0.341. The molecule has 3 heterocycles. The fourth-order valence-corrected chi connectivity index (χ4v) is 2.97. The van der Waals surface area contributed by atoms with Crippen LogP contribution in [-0.2, 0) is 6.54 Å². The lowest BCUT2D eigenvalue weighted by atomic mass is 10.1. The summed E-state index contributed by atoms with van der Waals surface area (Å²) in [6, 6.07) is 7.69. The highest BCUT2D eigenvalue weighted by Crippen LogP contribution is 2.32. The molecule has 4 aromatic rings. The summed E-state index contributed by atoms with van der Waals surface area (Å²) >= 11 is 6.13. The van der Waals surface area contributed by atoms with Crippen molar-refractivity contribution in [3.8, 4) is 16.9 Å². The number of nitrogens with zero attached hydrogens (tertiary/aromatic N) is 5. The molecule has 0 spiro atoms. The lowest BCUT2D eigenvalue weighted by molar-refractivity contribution is 0.417. The van der Waals surface area contributed by atoms with E-state index < -0.39 is 0 Å². The molecule has 0 aliphatic heterocycles. The molecule has 0 amide bonds. The summed E-state index contributed by atoms with van der Waals surface area (Å²) in [5.41, 5.74) is 3.40. The third-order valence-electron chi connectivity index (χ3n) is 4.19. The average molecular weight is 381 g/mol. The highest BCUT2D eigenvalue weighted by Gasteiger charge is 2.10. The van der Waals surface area contributed by atoms with Crippen molar-refractivity contribution < 1.29 is 4.74 Å². The van der Waals surface area contributed by atoms with Crippen LogP contribution >= 0.6 is 11.6 Å². The summed E-state index contributed by atoms with van der Waals surface area (Å²) < 4.78 is 7.42. The quantitative estimate of drug-likeness (QED) is 0.520. The van der Waals surface area contributed by atoms with Crippen LogP contribution in [0.4, 0.5) is 11.6 Å². The number of rotatable bonds is 5. The van der Waals surface area contributed by atoms with Gasteiger partial charge in [0.15, 0.2) is 5.15 Å². The van der Waals surface area contributed by atoms with Gasteiger partial charge in [-0.05, 0) is 30.7 Å². The highest BCUT2D eigenvalue weighted by molar-refractivity contribution is 6.33. The number of nitrogens with one attached hydrogen (secondary N) is 1. The Morgan fingerprint density at radius 1 is 1.15 bits per heavy atom. The predicted octanol–water partition coefficient (Wildman–Crippen LogP) is 4.31. The molecule has 0 saturated carbocycles. The van der Waals surface area contributed by atoms with Crippen LogP contribution < -0.4 is 10.1 Å². The van der Waals surface area contributed by atoms with E-state index in [9.17, 15) is 0 Å². The fraction of sp³-hybridized carbons (Fsp3) is 0.158. The van der Waals surface area contributed by atoms with Crippen LogP contribution in [0.2, 0.25) is 5.15 Å². The zero-order valence-corrected chi connectivity index (χ0v) is 15.6. The first-order chi connectivity index (χ1) is 13.2. The van der Waals surface area contributed by atoms with Crippen LogP contribution in [-0.4, -0.2) is 31.8 Å². The Kier molecular flexibility index (Phi) is 4.60. The van der Waals surface area contributed by atoms with Crippen LogP contribution in [0.5, 0.6) is 5.75 Å². The van der Waals surface area contributed by atoms with E-state index in [2.05, 4.69) is 32.3 Å². The normalized spacial score (nSPS) is 10.9. The van der Waals surface area contributed by atoms with Gasteiger partial charge < -0.3 is 10.1 Å². The van der Waals surface area contributed by atoms with Gasteiger partial charge in [-0.25, -0.2) is 15.0 Å². The molecule has 0 aliphatic rings. The number of hydrogen-bond donors (Lipinski definition) is 1. The molecule has 0 radical (unpaired) electrons. The number of hydrogen-bond acceptors (Lipinski definition) is 6. The first-order valence-electron chi connectivity index (χ1n) is 8.43. The van der Waals surface area contributed by atoms with E-state index in [4.69, 9.17) is 16.3 Å². The van der Waals surface area contributed by atoms with Crippen LogP contribution in [0.3, 0.4) is 0 Å². The molecule has 0 bridgehead atoms. The second-order valence-electron chi connectivity index (χ2n) is 5.86. The Hall–Kier alpha value is -3.19. The molecular formula is C19H17ClN6O. The first kappa shape index (κ1) is 17.2. The molecule has 0 fully saturated rings. The lowest BCUT2D eigenvalue weighted by Crippen LogP contribution is -2.00. The summed E-state index contributed by atoms with van der Waals surface area (Å²) in [6.45, 7) is 2.88. The largest absolute Gasteiger partial charge is 0.495 e. The van der Waals surface area contributed by atoms with E-state index in [1.165, 1.54) is 0 Å². The fourth-order valence-electron chi connectivity index (χ4n) is 2.76. The van der Waals surface area contributed by atoms with Crippen molar-refractivity contribution in [3.63, 3.8) is 0 Å². The zero-order valence-electron chi connectivity index (χ0n) is 14.8. The molecule has 1 N–H and O–H groups in total. The van der Waals surface area contributed by atoms with Crippen molar-refractivity contribution in [2.75, 3.05) is 12.4 Å².